The number of hydrogen-bond acceptors (Lipinski definition) is 6. The molecule has 0 saturated heterocycles. The Bertz CT molecular complexity index is 1530. The summed E-state index contributed by atoms with van der Waals surface area (Å²) in [5.41, 5.74) is 5.07. The third-order valence-electron chi connectivity index (χ3n) is 7.54. The molecule has 0 spiro atoms. The molecule has 2 N–H and O–H groups in total. The van der Waals surface area contributed by atoms with Crippen molar-refractivity contribution < 1.29 is 24.2 Å². The molecule has 0 radical (unpaired) electrons. The van der Waals surface area contributed by atoms with Gasteiger partial charge in [-0.25, -0.2) is 4.79 Å². The van der Waals surface area contributed by atoms with E-state index < -0.39 is 11.9 Å². The zero-order valence-electron chi connectivity index (χ0n) is 22.9. The standard InChI is InChI=1S/C33H31BrClNO5/c1-3-40-28-18-23(15-25(34)32(28)38)30-29(33(39)41-14-13-20-7-5-4-6-8-20)19(2)36-26-16-22(17-27(37)31(26)30)21-9-11-24(35)12-10-21/h4-12,15,18,22,30,36,38H,3,13-14,16-17H2,1-2H3. The molecule has 212 valence electrons. The molecule has 0 saturated carbocycles. The molecular formula is C33H31BrClNO5. The smallest absolute Gasteiger partial charge is 0.336 e. The van der Waals surface area contributed by atoms with Gasteiger partial charge in [0.05, 0.1) is 23.3 Å². The molecule has 41 heavy (non-hydrogen) atoms. The molecule has 2 atom stereocenters. The van der Waals surface area contributed by atoms with Gasteiger partial charge in [0.15, 0.2) is 17.3 Å². The van der Waals surface area contributed by atoms with E-state index in [1.807, 2.05) is 68.4 Å². The zero-order chi connectivity index (χ0) is 29.1. The number of phenols is 1. The van der Waals surface area contributed by atoms with Crippen LogP contribution in [0.3, 0.4) is 0 Å². The SMILES string of the molecule is CCOc1cc(C2C(C(=O)OCCc3ccccc3)=C(C)NC3=C2C(=O)CC(c2ccc(Cl)cc2)C3)cc(Br)c1O. The Labute approximate surface area is 253 Å². The van der Waals surface area contributed by atoms with Crippen LogP contribution in [-0.4, -0.2) is 30.1 Å². The molecule has 0 fully saturated rings. The number of ketones is 1. The number of dihydropyridines is 1. The fraction of sp³-hybridized carbons (Fsp3) is 0.273. The number of carbonyl (C=O) groups excluding carboxylic acids is 2. The van der Waals surface area contributed by atoms with Crippen LogP contribution < -0.4 is 10.1 Å². The van der Waals surface area contributed by atoms with Crippen LogP contribution in [0.5, 0.6) is 11.5 Å². The maximum Gasteiger partial charge on any atom is 0.336 e. The summed E-state index contributed by atoms with van der Waals surface area (Å²) in [7, 11) is 0. The fourth-order valence-corrected chi connectivity index (χ4v) is 6.21. The van der Waals surface area contributed by atoms with E-state index in [-0.39, 0.29) is 29.8 Å². The van der Waals surface area contributed by atoms with Gasteiger partial charge in [-0.3, -0.25) is 4.79 Å². The summed E-state index contributed by atoms with van der Waals surface area (Å²) in [5.74, 6) is -1.02. The third kappa shape index (κ3) is 6.21. The van der Waals surface area contributed by atoms with Crippen molar-refractivity contribution in [2.24, 2.45) is 0 Å². The Kier molecular flexibility index (Phi) is 8.85. The molecular weight excluding hydrogens is 606 g/mol. The second kappa shape index (κ2) is 12.5. The summed E-state index contributed by atoms with van der Waals surface area (Å²) in [6, 6.07) is 20.8. The minimum Gasteiger partial charge on any atom is -0.503 e. The van der Waals surface area contributed by atoms with Gasteiger partial charge in [0, 0.05) is 40.7 Å². The molecule has 1 heterocycles. The second-order valence-corrected chi connectivity index (χ2v) is 11.5. The largest absolute Gasteiger partial charge is 0.503 e. The Morgan fingerprint density at radius 2 is 1.80 bits per heavy atom. The Hall–Kier alpha value is -3.55. The van der Waals surface area contributed by atoms with E-state index in [0.29, 0.717) is 57.8 Å². The van der Waals surface area contributed by atoms with Crippen molar-refractivity contribution in [1.82, 2.24) is 5.32 Å². The minimum absolute atomic E-state index is 0.0237. The van der Waals surface area contributed by atoms with E-state index in [1.54, 1.807) is 12.1 Å². The maximum absolute atomic E-state index is 13.9. The predicted octanol–water partition coefficient (Wildman–Crippen LogP) is 7.35. The van der Waals surface area contributed by atoms with Gasteiger partial charge in [0.1, 0.15) is 0 Å². The maximum atomic E-state index is 13.9. The van der Waals surface area contributed by atoms with Crippen LogP contribution >= 0.6 is 27.5 Å². The van der Waals surface area contributed by atoms with Gasteiger partial charge in [-0.2, -0.15) is 0 Å². The number of hydrogen-bond donors (Lipinski definition) is 2. The molecule has 2 aliphatic rings. The van der Waals surface area contributed by atoms with Crippen molar-refractivity contribution in [2.75, 3.05) is 13.2 Å². The van der Waals surface area contributed by atoms with Crippen LogP contribution in [0.4, 0.5) is 0 Å². The summed E-state index contributed by atoms with van der Waals surface area (Å²) < 4.78 is 11.9. The van der Waals surface area contributed by atoms with Crippen LogP contribution in [0.1, 0.15) is 55.2 Å². The third-order valence-corrected chi connectivity index (χ3v) is 8.40. The lowest BCUT2D eigenvalue weighted by Gasteiger charge is -2.37. The molecule has 0 aromatic heterocycles. The molecule has 1 aliphatic carbocycles. The van der Waals surface area contributed by atoms with Crippen LogP contribution in [0.15, 0.2) is 93.7 Å². The average Bonchev–Trinajstić information content (AvgIpc) is 2.95. The van der Waals surface area contributed by atoms with Gasteiger partial charge in [-0.1, -0.05) is 54.1 Å². The van der Waals surface area contributed by atoms with Gasteiger partial charge in [0.25, 0.3) is 0 Å². The second-order valence-electron chi connectivity index (χ2n) is 10.2. The molecule has 2 unspecified atom stereocenters. The Morgan fingerprint density at radius 1 is 1.07 bits per heavy atom. The van der Waals surface area contributed by atoms with Gasteiger partial charge in [-0.05, 0) is 83.1 Å². The van der Waals surface area contributed by atoms with Crippen LogP contribution in [-0.2, 0) is 20.7 Å². The molecule has 0 amide bonds. The van der Waals surface area contributed by atoms with Crippen LogP contribution in [0, 0.1) is 0 Å². The molecule has 1 aliphatic heterocycles. The van der Waals surface area contributed by atoms with Crippen molar-refractivity contribution >= 4 is 39.3 Å². The van der Waals surface area contributed by atoms with Gasteiger partial charge in [0.2, 0.25) is 0 Å². The lowest BCUT2D eigenvalue weighted by molar-refractivity contribution is -0.139. The lowest BCUT2D eigenvalue weighted by atomic mass is 9.71. The number of benzene rings is 3. The van der Waals surface area contributed by atoms with Crippen LogP contribution in [0.2, 0.25) is 5.02 Å². The van der Waals surface area contributed by atoms with E-state index in [4.69, 9.17) is 21.1 Å². The molecule has 6 nitrogen and oxygen atoms in total. The minimum atomic E-state index is -0.690. The topological polar surface area (TPSA) is 84.9 Å². The zero-order valence-corrected chi connectivity index (χ0v) is 25.2. The van der Waals surface area contributed by atoms with Gasteiger partial charge < -0.3 is 19.9 Å². The Morgan fingerprint density at radius 3 is 2.51 bits per heavy atom. The van der Waals surface area contributed by atoms with Crippen molar-refractivity contribution in [2.45, 2.75) is 44.9 Å². The normalized spacial score (nSPS) is 18.6. The summed E-state index contributed by atoms with van der Waals surface area (Å²) in [5, 5.41) is 14.6. The highest BCUT2D eigenvalue weighted by atomic mass is 79.9. The number of esters is 1. The number of rotatable bonds is 8. The lowest BCUT2D eigenvalue weighted by Crippen LogP contribution is -2.36. The first-order valence-electron chi connectivity index (χ1n) is 13.6. The van der Waals surface area contributed by atoms with E-state index in [2.05, 4.69) is 21.2 Å². The number of halogens is 2. The Balaban J connectivity index is 1.53. The van der Waals surface area contributed by atoms with Gasteiger partial charge in [-0.15, -0.1) is 0 Å². The first-order chi connectivity index (χ1) is 19.8. The van der Waals surface area contributed by atoms with E-state index >= 15 is 0 Å². The highest BCUT2D eigenvalue weighted by molar-refractivity contribution is 9.10. The number of carbonyl (C=O) groups is 2. The molecule has 0 bridgehead atoms. The van der Waals surface area contributed by atoms with Crippen molar-refractivity contribution in [1.29, 1.82) is 0 Å². The predicted molar refractivity (Wildman–Crippen MR) is 162 cm³/mol. The van der Waals surface area contributed by atoms with E-state index in [9.17, 15) is 14.7 Å². The highest BCUT2D eigenvalue weighted by Crippen LogP contribution is 2.48. The number of ether oxygens (including phenoxy) is 2. The van der Waals surface area contributed by atoms with E-state index in [1.165, 1.54) is 0 Å². The summed E-state index contributed by atoms with van der Waals surface area (Å²) >= 11 is 9.53. The fourth-order valence-electron chi connectivity index (χ4n) is 5.62. The first-order valence-corrected chi connectivity index (χ1v) is 14.8. The summed E-state index contributed by atoms with van der Waals surface area (Å²) in [4.78, 5) is 27.6. The van der Waals surface area contributed by atoms with Crippen molar-refractivity contribution in [3.63, 3.8) is 0 Å². The quantitative estimate of drug-likeness (QED) is 0.252. The number of allylic oxidation sites excluding steroid dienone is 3. The highest BCUT2D eigenvalue weighted by Gasteiger charge is 2.42. The van der Waals surface area contributed by atoms with E-state index in [0.717, 1.165) is 16.8 Å². The molecule has 3 aromatic carbocycles. The van der Waals surface area contributed by atoms with Crippen molar-refractivity contribution in [3.8, 4) is 11.5 Å². The molecule has 5 rings (SSSR count). The summed E-state index contributed by atoms with van der Waals surface area (Å²) in [6.07, 6.45) is 1.47. The number of phenolic OH excluding ortho intramolecular Hbond substituents is 1. The first kappa shape index (κ1) is 29.0. The number of aromatic hydroxyl groups is 1. The van der Waals surface area contributed by atoms with Crippen LogP contribution in [0.25, 0.3) is 0 Å². The van der Waals surface area contributed by atoms with Crippen molar-refractivity contribution in [3.05, 3.63) is 115 Å². The molecule has 3 aromatic rings. The number of nitrogens with one attached hydrogen (secondary N) is 1. The van der Waals surface area contributed by atoms with Gasteiger partial charge >= 0.3 is 5.97 Å². The monoisotopic (exact) mass is 635 g/mol. The molecule has 8 heteroatoms. The number of Topliss-reactive ketones (excluding diaryl/α,β-unsaturated/α-hetero) is 1. The average molecular weight is 637 g/mol. The summed E-state index contributed by atoms with van der Waals surface area (Å²) in [6.45, 7) is 4.20.